The van der Waals surface area contributed by atoms with E-state index in [1.165, 1.54) is 23.8 Å². The van der Waals surface area contributed by atoms with Crippen LogP contribution >= 0.6 is 0 Å². The van der Waals surface area contributed by atoms with Crippen molar-refractivity contribution in [2.75, 3.05) is 7.11 Å². The van der Waals surface area contributed by atoms with Gasteiger partial charge in [0.2, 0.25) is 0 Å². The van der Waals surface area contributed by atoms with Crippen molar-refractivity contribution in [3.8, 4) is 5.75 Å². The average molecular weight is 402 g/mol. The molecular formula is C26H27NO3. The molecule has 30 heavy (non-hydrogen) atoms. The van der Waals surface area contributed by atoms with E-state index in [2.05, 4.69) is 36.4 Å². The van der Waals surface area contributed by atoms with E-state index in [0.717, 1.165) is 54.5 Å². The van der Waals surface area contributed by atoms with Gasteiger partial charge in [0, 0.05) is 17.4 Å². The minimum atomic E-state index is -0.133. The van der Waals surface area contributed by atoms with Crippen LogP contribution in [0.1, 0.15) is 48.9 Å². The number of benzene rings is 2. The van der Waals surface area contributed by atoms with Crippen molar-refractivity contribution in [1.29, 1.82) is 0 Å². The van der Waals surface area contributed by atoms with Crippen molar-refractivity contribution in [1.82, 2.24) is 4.98 Å². The summed E-state index contributed by atoms with van der Waals surface area (Å²) in [6.07, 6.45) is 7.62. The smallest absolute Gasteiger partial charge is 0.305 e. The van der Waals surface area contributed by atoms with Crippen LogP contribution in [0.2, 0.25) is 0 Å². The number of esters is 1. The summed E-state index contributed by atoms with van der Waals surface area (Å²) in [5.74, 6) is 0.814. The molecule has 1 aromatic heterocycles. The van der Waals surface area contributed by atoms with Gasteiger partial charge in [-0.2, -0.15) is 0 Å². The van der Waals surface area contributed by atoms with E-state index in [0.29, 0.717) is 13.0 Å². The lowest BCUT2D eigenvalue weighted by molar-refractivity contribution is -0.140. The molecule has 154 valence electrons. The Morgan fingerprint density at radius 3 is 2.83 bits per heavy atom. The van der Waals surface area contributed by atoms with Gasteiger partial charge in [0.05, 0.1) is 18.3 Å². The van der Waals surface area contributed by atoms with Crippen LogP contribution in [0.3, 0.4) is 0 Å². The lowest BCUT2D eigenvalue weighted by atomic mass is 9.87. The van der Waals surface area contributed by atoms with Crippen LogP contribution < -0.4 is 4.74 Å². The molecule has 4 rings (SSSR count). The maximum Gasteiger partial charge on any atom is 0.305 e. The highest BCUT2D eigenvalue weighted by Gasteiger charge is 2.17. The van der Waals surface area contributed by atoms with Gasteiger partial charge in [0.25, 0.3) is 0 Å². The van der Waals surface area contributed by atoms with E-state index in [-0.39, 0.29) is 5.97 Å². The van der Waals surface area contributed by atoms with Crippen molar-refractivity contribution in [3.05, 3.63) is 77.5 Å². The molecule has 0 amide bonds. The van der Waals surface area contributed by atoms with Crippen molar-refractivity contribution >= 4 is 22.4 Å². The first kappa shape index (κ1) is 20.1. The number of hydrogen-bond acceptors (Lipinski definition) is 4. The Morgan fingerprint density at radius 1 is 1.03 bits per heavy atom. The molecule has 0 saturated heterocycles. The summed E-state index contributed by atoms with van der Waals surface area (Å²) in [6, 6.07) is 18.6. The highest BCUT2D eigenvalue weighted by molar-refractivity contribution is 5.78. The normalized spacial score (nSPS) is 12.9. The number of hydrogen-bond donors (Lipinski definition) is 0. The maximum absolute atomic E-state index is 11.3. The first-order chi connectivity index (χ1) is 14.7. The number of unbranched alkanes of at least 4 members (excludes halogenated alkanes) is 1. The molecule has 1 aliphatic carbocycles. The van der Waals surface area contributed by atoms with Gasteiger partial charge in [-0.05, 0) is 61.4 Å². The Balaban J connectivity index is 1.43. The Hall–Kier alpha value is -3.14. The number of carbonyl (C=O) groups is 1. The highest BCUT2D eigenvalue weighted by Crippen LogP contribution is 2.35. The summed E-state index contributed by atoms with van der Waals surface area (Å²) < 4.78 is 10.9. The molecule has 1 aliphatic rings. The van der Waals surface area contributed by atoms with Crippen molar-refractivity contribution in [3.63, 3.8) is 0 Å². The van der Waals surface area contributed by atoms with E-state index in [9.17, 15) is 4.79 Å². The second kappa shape index (κ2) is 9.57. The minimum Gasteiger partial charge on any atom is -0.487 e. The number of aromatic nitrogens is 1. The largest absolute Gasteiger partial charge is 0.487 e. The number of ether oxygens (including phenoxy) is 2. The van der Waals surface area contributed by atoms with Crippen molar-refractivity contribution in [2.45, 2.75) is 45.1 Å². The third kappa shape index (κ3) is 4.70. The highest BCUT2D eigenvalue weighted by atomic mass is 16.5. The zero-order chi connectivity index (χ0) is 20.8. The molecule has 0 unspecified atom stereocenters. The van der Waals surface area contributed by atoms with E-state index < -0.39 is 0 Å². The van der Waals surface area contributed by atoms with Crippen LogP contribution in [-0.4, -0.2) is 18.1 Å². The van der Waals surface area contributed by atoms with E-state index >= 15 is 0 Å². The Labute approximate surface area is 177 Å². The fraction of sp³-hybridized carbons (Fsp3) is 0.308. The summed E-state index contributed by atoms with van der Waals surface area (Å²) in [5.41, 5.74) is 5.84. The van der Waals surface area contributed by atoms with Crippen molar-refractivity contribution < 1.29 is 14.3 Å². The van der Waals surface area contributed by atoms with Gasteiger partial charge in [-0.25, -0.2) is 4.98 Å². The second-order valence-corrected chi connectivity index (χ2v) is 7.62. The molecule has 0 bridgehead atoms. The summed E-state index contributed by atoms with van der Waals surface area (Å²) in [6.45, 7) is 0.458. The molecule has 0 aliphatic heterocycles. The van der Waals surface area contributed by atoms with Crippen LogP contribution in [0.15, 0.2) is 60.7 Å². The van der Waals surface area contributed by atoms with Crippen LogP contribution in [0.4, 0.5) is 0 Å². The quantitative estimate of drug-likeness (QED) is 0.349. The first-order valence-electron chi connectivity index (χ1n) is 10.6. The average Bonchev–Trinajstić information content (AvgIpc) is 2.80. The number of carbonyl (C=O) groups excluding carboxylic acids is 1. The minimum absolute atomic E-state index is 0.133. The molecule has 0 fully saturated rings. The van der Waals surface area contributed by atoms with E-state index in [1.807, 2.05) is 24.3 Å². The number of methoxy groups -OCH3 is 1. The van der Waals surface area contributed by atoms with Crippen LogP contribution in [0.25, 0.3) is 16.5 Å². The van der Waals surface area contributed by atoms with Crippen LogP contribution in [-0.2, 0) is 22.6 Å². The molecule has 0 radical (unpaired) electrons. The predicted octanol–water partition coefficient (Wildman–Crippen LogP) is 5.88. The molecule has 2 aromatic carbocycles. The van der Waals surface area contributed by atoms with Crippen LogP contribution in [0, 0.1) is 0 Å². The summed E-state index contributed by atoms with van der Waals surface area (Å²) in [4.78, 5) is 16.0. The maximum atomic E-state index is 11.3. The summed E-state index contributed by atoms with van der Waals surface area (Å²) >= 11 is 0. The molecule has 4 heteroatoms. The van der Waals surface area contributed by atoms with Crippen LogP contribution in [0.5, 0.6) is 5.75 Å². The lowest BCUT2D eigenvalue weighted by Crippen LogP contribution is -2.06. The van der Waals surface area contributed by atoms with Gasteiger partial charge < -0.3 is 9.47 Å². The number of allylic oxidation sites excluding steroid dienone is 2. The van der Waals surface area contributed by atoms with E-state index in [1.54, 1.807) is 0 Å². The molecule has 0 saturated carbocycles. The van der Waals surface area contributed by atoms with Gasteiger partial charge in [0.15, 0.2) is 0 Å². The molecule has 1 heterocycles. The zero-order valence-corrected chi connectivity index (χ0v) is 17.4. The number of rotatable bonds is 8. The molecule has 0 N–H and O–H groups in total. The first-order valence-corrected chi connectivity index (χ1v) is 10.6. The fourth-order valence-corrected chi connectivity index (χ4v) is 4.02. The monoisotopic (exact) mass is 401 g/mol. The lowest BCUT2D eigenvalue weighted by Gasteiger charge is -2.21. The van der Waals surface area contributed by atoms with Gasteiger partial charge in [-0.15, -0.1) is 0 Å². The molecule has 0 atom stereocenters. The SMILES string of the molecule is COC(=O)CCCCC1=CCCc2c(OCc3ccc4ccccc4n3)cccc21. The van der Waals surface area contributed by atoms with Gasteiger partial charge in [-0.3, -0.25) is 4.79 Å². The number of fused-ring (bicyclic) bond motifs is 2. The third-order valence-electron chi connectivity index (χ3n) is 5.60. The number of nitrogens with zero attached hydrogens (tertiary/aromatic N) is 1. The fourth-order valence-electron chi connectivity index (χ4n) is 4.02. The standard InChI is InChI=1S/C26H27NO3/c1-29-26(28)15-5-3-8-19-10-6-12-23-22(19)11-7-14-25(23)30-18-21-17-16-20-9-2-4-13-24(20)27-21/h2,4,7,9-11,13-14,16-17H,3,5-6,8,12,15,18H2,1H3. The zero-order valence-electron chi connectivity index (χ0n) is 17.4. The van der Waals surface area contributed by atoms with Gasteiger partial charge in [0.1, 0.15) is 12.4 Å². The molecule has 3 aromatic rings. The Morgan fingerprint density at radius 2 is 1.93 bits per heavy atom. The molecule has 0 spiro atoms. The van der Waals surface area contributed by atoms with Gasteiger partial charge >= 0.3 is 5.97 Å². The number of para-hydroxylation sites is 1. The number of pyridine rings is 1. The van der Waals surface area contributed by atoms with E-state index in [4.69, 9.17) is 14.5 Å². The topological polar surface area (TPSA) is 48.4 Å². The third-order valence-corrected chi connectivity index (χ3v) is 5.60. The Kier molecular flexibility index (Phi) is 6.43. The summed E-state index contributed by atoms with van der Waals surface area (Å²) in [7, 11) is 1.44. The van der Waals surface area contributed by atoms with Gasteiger partial charge in [-0.1, -0.05) is 42.5 Å². The van der Waals surface area contributed by atoms with Crippen molar-refractivity contribution in [2.24, 2.45) is 0 Å². The predicted molar refractivity (Wildman–Crippen MR) is 119 cm³/mol. The second-order valence-electron chi connectivity index (χ2n) is 7.62. The Bertz CT molecular complexity index is 1070. The summed E-state index contributed by atoms with van der Waals surface area (Å²) in [5, 5.41) is 1.14. The molecule has 4 nitrogen and oxygen atoms in total. The molecular weight excluding hydrogens is 374 g/mol.